The summed E-state index contributed by atoms with van der Waals surface area (Å²) >= 11 is 0. The molecule has 0 bridgehead atoms. The van der Waals surface area contributed by atoms with Crippen molar-refractivity contribution in [2.75, 3.05) is 14.1 Å². The molecular weight excluding hydrogens is 122 g/mol. The predicted octanol–water partition coefficient (Wildman–Crippen LogP) is 1.75. The molecule has 10 heavy (non-hydrogen) atoms. The standard InChI is InChI=1S/C9H13N/c1-10(2)8-9-6-4-3-5-7-9/h3-7H,8H2,1-2H3/i1D. The van der Waals surface area contributed by atoms with Crippen molar-refractivity contribution in [2.24, 2.45) is 0 Å². The summed E-state index contributed by atoms with van der Waals surface area (Å²) in [4.78, 5) is 1.95. The largest absolute Gasteiger partial charge is 0.305 e. The molecule has 0 heterocycles. The van der Waals surface area contributed by atoms with Crippen LogP contribution in [0, 0.1) is 0 Å². The van der Waals surface area contributed by atoms with E-state index in [1.54, 1.807) is 0 Å². The maximum atomic E-state index is 7.08. The van der Waals surface area contributed by atoms with Gasteiger partial charge in [0.2, 0.25) is 0 Å². The molecule has 0 N–H and O–H groups in total. The number of benzene rings is 1. The van der Waals surface area contributed by atoms with Crippen LogP contribution in [0.4, 0.5) is 0 Å². The molecule has 1 aromatic rings. The predicted molar refractivity (Wildman–Crippen MR) is 43.8 cm³/mol. The highest BCUT2D eigenvalue weighted by Gasteiger charge is 1.90. The summed E-state index contributed by atoms with van der Waals surface area (Å²) in [7, 11) is 2.30. The van der Waals surface area contributed by atoms with Crippen molar-refractivity contribution in [2.45, 2.75) is 6.54 Å². The van der Waals surface area contributed by atoms with Crippen LogP contribution in [-0.4, -0.2) is 19.0 Å². The van der Waals surface area contributed by atoms with E-state index in [1.807, 2.05) is 30.1 Å². The first kappa shape index (κ1) is 5.93. The molecule has 0 radical (unpaired) electrons. The van der Waals surface area contributed by atoms with Gasteiger partial charge in [0.05, 0.1) is 0 Å². The molecule has 0 aliphatic carbocycles. The highest BCUT2D eigenvalue weighted by atomic mass is 15.0. The third-order valence-electron chi connectivity index (χ3n) is 1.30. The fourth-order valence-corrected chi connectivity index (χ4v) is 0.895. The summed E-state index contributed by atoms with van der Waals surface area (Å²) in [5, 5.41) is 0. The van der Waals surface area contributed by atoms with Gasteiger partial charge in [0.1, 0.15) is 0 Å². The van der Waals surface area contributed by atoms with Crippen molar-refractivity contribution in [1.29, 1.82) is 0 Å². The Labute approximate surface area is 63.7 Å². The summed E-state index contributed by atoms with van der Waals surface area (Å²) in [6.45, 7) is 0.865. The molecule has 1 aromatic carbocycles. The van der Waals surface area contributed by atoms with Crippen molar-refractivity contribution >= 4 is 0 Å². The Morgan fingerprint density at radius 3 is 2.70 bits per heavy atom. The average molecular weight is 136 g/mol. The third kappa shape index (κ3) is 2.19. The number of rotatable bonds is 2. The number of hydrogen-bond donors (Lipinski definition) is 0. The molecule has 0 spiro atoms. The van der Waals surface area contributed by atoms with Gasteiger partial charge >= 0.3 is 0 Å². The summed E-state index contributed by atoms with van der Waals surface area (Å²) in [6.07, 6.45) is 0. The van der Waals surface area contributed by atoms with Crippen LogP contribution in [0.15, 0.2) is 30.3 Å². The molecule has 1 rings (SSSR count). The minimum Gasteiger partial charge on any atom is -0.305 e. The second-order valence-electron chi connectivity index (χ2n) is 2.50. The second kappa shape index (κ2) is 3.37. The zero-order chi connectivity index (χ0) is 8.10. The van der Waals surface area contributed by atoms with Gasteiger partial charge in [-0.05, 0) is 19.6 Å². The molecule has 0 aliphatic rings. The lowest BCUT2D eigenvalue weighted by atomic mass is 10.2. The number of nitrogens with zero attached hydrogens (tertiary/aromatic N) is 1. The van der Waals surface area contributed by atoms with Crippen LogP contribution >= 0.6 is 0 Å². The van der Waals surface area contributed by atoms with E-state index in [0.29, 0.717) is 7.02 Å². The molecule has 0 aromatic heterocycles. The normalized spacial score (nSPS) is 11.6. The molecule has 1 nitrogen and oxygen atoms in total. The van der Waals surface area contributed by atoms with Crippen molar-refractivity contribution in [3.8, 4) is 0 Å². The van der Waals surface area contributed by atoms with Gasteiger partial charge in [0.25, 0.3) is 0 Å². The Kier molecular flexibility index (Phi) is 2.00. The van der Waals surface area contributed by atoms with Gasteiger partial charge in [-0.2, -0.15) is 0 Å². The number of hydrogen-bond acceptors (Lipinski definition) is 1. The summed E-state index contributed by atoms with van der Waals surface area (Å²) in [5.41, 5.74) is 1.27. The van der Waals surface area contributed by atoms with E-state index >= 15 is 0 Å². The summed E-state index contributed by atoms with van der Waals surface area (Å²) in [5.74, 6) is 0. The lowest BCUT2D eigenvalue weighted by molar-refractivity contribution is 0.402. The fraction of sp³-hybridized carbons (Fsp3) is 0.333. The van der Waals surface area contributed by atoms with Crippen LogP contribution < -0.4 is 0 Å². The van der Waals surface area contributed by atoms with Crippen LogP contribution in [0.2, 0.25) is 0 Å². The van der Waals surface area contributed by atoms with Gasteiger partial charge in [-0.3, -0.25) is 0 Å². The van der Waals surface area contributed by atoms with Gasteiger partial charge in [-0.15, -0.1) is 0 Å². The Balaban J connectivity index is 2.51. The van der Waals surface area contributed by atoms with Gasteiger partial charge in [-0.25, -0.2) is 0 Å². The van der Waals surface area contributed by atoms with E-state index < -0.39 is 0 Å². The Bertz CT molecular complexity index is 198. The van der Waals surface area contributed by atoms with E-state index in [0.717, 1.165) is 6.54 Å². The molecule has 0 amide bonds. The molecule has 0 fully saturated rings. The first-order valence-electron chi connectivity index (χ1n) is 4.05. The van der Waals surface area contributed by atoms with Crippen LogP contribution in [0.3, 0.4) is 0 Å². The van der Waals surface area contributed by atoms with E-state index in [4.69, 9.17) is 1.37 Å². The fourth-order valence-electron chi connectivity index (χ4n) is 0.895. The minimum absolute atomic E-state index is 0.356. The van der Waals surface area contributed by atoms with Crippen molar-refractivity contribution < 1.29 is 1.37 Å². The first-order valence-corrected chi connectivity index (χ1v) is 3.34. The van der Waals surface area contributed by atoms with E-state index in [2.05, 4.69) is 12.1 Å². The smallest absolute Gasteiger partial charge is 0.0394 e. The molecule has 54 valence electrons. The molecule has 0 aliphatic heterocycles. The van der Waals surface area contributed by atoms with Crippen LogP contribution in [0.5, 0.6) is 0 Å². The van der Waals surface area contributed by atoms with Crippen LogP contribution in [-0.2, 0) is 6.54 Å². The van der Waals surface area contributed by atoms with Crippen molar-refractivity contribution in [3.63, 3.8) is 0 Å². The van der Waals surface area contributed by atoms with Gasteiger partial charge in [0.15, 0.2) is 0 Å². The average Bonchev–Trinajstić information content (AvgIpc) is 2.06. The highest BCUT2D eigenvalue weighted by Crippen LogP contribution is 1.99. The van der Waals surface area contributed by atoms with Crippen molar-refractivity contribution in [3.05, 3.63) is 35.9 Å². The van der Waals surface area contributed by atoms with E-state index in [-0.39, 0.29) is 0 Å². The summed E-state index contributed by atoms with van der Waals surface area (Å²) < 4.78 is 7.08. The van der Waals surface area contributed by atoms with Gasteiger partial charge < -0.3 is 4.90 Å². The maximum absolute atomic E-state index is 7.08. The monoisotopic (exact) mass is 136 g/mol. The minimum atomic E-state index is 0.356. The topological polar surface area (TPSA) is 3.24 Å². The van der Waals surface area contributed by atoms with Gasteiger partial charge in [-0.1, -0.05) is 30.3 Å². The van der Waals surface area contributed by atoms with E-state index in [1.165, 1.54) is 5.56 Å². The molecule has 1 heteroatoms. The molecule has 0 saturated carbocycles. The van der Waals surface area contributed by atoms with Crippen LogP contribution in [0.25, 0.3) is 0 Å². The SMILES string of the molecule is [2H]CN(C)Cc1ccccc1. The lowest BCUT2D eigenvalue weighted by Gasteiger charge is -2.08. The Morgan fingerprint density at radius 2 is 2.10 bits per heavy atom. The molecule has 0 unspecified atom stereocenters. The molecule has 0 saturated heterocycles. The summed E-state index contributed by atoms with van der Waals surface area (Å²) in [6, 6.07) is 10.2. The highest BCUT2D eigenvalue weighted by molar-refractivity contribution is 5.14. The molecule has 0 atom stereocenters. The zero-order valence-corrected chi connectivity index (χ0v) is 6.25. The van der Waals surface area contributed by atoms with E-state index in [9.17, 15) is 0 Å². The van der Waals surface area contributed by atoms with Crippen LogP contribution in [0.1, 0.15) is 6.93 Å². The molecular formula is C9H13N. The zero-order valence-electron chi connectivity index (χ0n) is 7.25. The maximum Gasteiger partial charge on any atom is 0.0394 e. The second-order valence-corrected chi connectivity index (χ2v) is 2.50. The third-order valence-corrected chi connectivity index (χ3v) is 1.30. The lowest BCUT2D eigenvalue weighted by Crippen LogP contribution is -2.10. The Hall–Kier alpha value is -0.820. The Morgan fingerprint density at radius 1 is 1.40 bits per heavy atom. The van der Waals surface area contributed by atoms with Crippen molar-refractivity contribution in [1.82, 2.24) is 4.90 Å². The quantitative estimate of drug-likeness (QED) is 0.598. The van der Waals surface area contributed by atoms with Gasteiger partial charge in [0, 0.05) is 7.92 Å². The first-order chi connectivity index (χ1) is 5.33.